The summed E-state index contributed by atoms with van der Waals surface area (Å²) < 4.78 is 0. The zero-order valence-corrected chi connectivity index (χ0v) is 8.91. The monoisotopic (exact) mass is 248 g/mol. The third-order valence-electron chi connectivity index (χ3n) is 1.84. The maximum atomic E-state index is 10.4. The molecule has 1 rings (SSSR count). The molecule has 0 aromatic heterocycles. The van der Waals surface area contributed by atoms with Crippen molar-refractivity contribution < 1.29 is 10.0 Å². The summed E-state index contributed by atoms with van der Waals surface area (Å²) in [5, 5.41) is 38.9. The highest BCUT2D eigenvalue weighted by molar-refractivity contribution is 6.45. The molecule has 5 N–H and O–H groups in total. The summed E-state index contributed by atoms with van der Waals surface area (Å²) in [6.45, 7) is 0. The van der Waals surface area contributed by atoms with Crippen molar-refractivity contribution in [2.75, 3.05) is 5.43 Å². The molecule has 0 bridgehead atoms. The van der Waals surface area contributed by atoms with Gasteiger partial charge in [-0.05, 0) is 6.07 Å². The Hall–Kier alpha value is -3.15. The Morgan fingerprint density at radius 3 is 2.78 bits per heavy atom. The number of nitriles is 1. The number of rotatable bonds is 4. The Kier molecular flexibility index (Phi) is 3.78. The predicted octanol–water partition coefficient (Wildman–Crippen LogP) is 0.528. The summed E-state index contributed by atoms with van der Waals surface area (Å²) in [6, 6.07) is 4.86. The number of amidine groups is 1. The minimum Gasteiger partial charge on any atom is -0.505 e. The number of hydrogen-bond acceptors (Lipinski definition) is 7. The third-order valence-corrected chi connectivity index (χ3v) is 1.84. The number of hydrazone groups is 1. The van der Waals surface area contributed by atoms with Crippen LogP contribution in [0.3, 0.4) is 0 Å². The molecule has 0 spiro atoms. The molecule has 0 radical (unpaired) electrons. The quantitative estimate of drug-likeness (QED) is 0.199. The lowest BCUT2D eigenvalue weighted by atomic mass is 10.2. The molecule has 0 fully saturated rings. The number of nitro benzene ring substituents is 1. The minimum absolute atomic E-state index is 0.0506. The molecular formula is C9H8N6O3. The summed E-state index contributed by atoms with van der Waals surface area (Å²) in [7, 11) is 0. The van der Waals surface area contributed by atoms with Gasteiger partial charge in [-0.1, -0.05) is 0 Å². The van der Waals surface area contributed by atoms with Gasteiger partial charge in [-0.15, -0.1) is 0 Å². The van der Waals surface area contributed by atoms with Crippen LogP contribution in [0.25, 0.3) is 0 Å². The average molecular weight is 248 g/mol. The fourth-order valence-electron chi connectivity index (χ4n) is 0.990. The largest absolute Gasteiger partial charge is 0.505 e. The van der Waals surface area contributed by atoms with Crippen molar-refractivity contribution >= 4 is 22.9 Å². The first-order chi connectivity index (χ1) is 8.45. The van der Waals surface area contributed by atoms with Gasteiger partial charge in [-0.2, -0.15) is 10.4 Å². The number of nitrogens with one attached hydrogen (secondary N) is 2. The molecule has 0 unspecified atom stereocenters. The van der Waals surface area contributed by atoms with Gasteiger partial charge < -0.3 is 10.8 Å². The Bertz CT molecular complexity index is 574. The summed E-state index contributed by atoms with van der Waals surface area (Å²) in [5.74, 6) is -0.944. The summed E-state index contributed by atoms with van der Waals surface area (Å²) >= 11 is 0. The van der Waals surface area contributed by atoms with E-state index in [1.165, 1.54) is 6.07 Å². The van der Waals surface area contributed by atoms with E-state index >= 15 is 0 Å². The van der Waals surface area contributed by atoms with Crippen LogP contribution in [0.15, 0.2) is 23.3 Å². The number of anilines is 1. The molecule has 9 heteroatoms. The van der Waals surface area contributed by atoms with E-state index in [1.54, 1.807) is 6.07 Å². The van der Waals surface area contributed by atoms with E-state index < -0.39 is 16.5 Å². The summed E-state index contributed by atoms with van der Waals surface area (Å²) in [4.78, 5) is 9.76. The highest BCUT2D eigenvalue weighted by Gasteiger charge is 2.10. The van der Waals surface area contributed by atoms with Crippen molar-refractivity contribution in [2.24, 2.45) is 10.8 Å². The lowest BCUT2D eigenvalue weighted by Gasteiger charge is -2.03. The molecular weight excluding hydrogens is 240 g/mol. The minimum atomic E-state index is -0.664. The molecule has 0 saturated carbocycles. The second kappa shape index (κ2) is 5.26. The van der Waals surface area contributed by atoms with Crippen molar-refractivity contribution in [3.8, 4) is 11.8 Å². The van der Waals surface area contributed by atoms with Crippen LogP contribution < -0.4 is 11.2 Å². The van der Waals surface area contributed by atoms with Crippen LogP contribution in [-0.2, 0) is 0 Å². The van der Waals surface area contributed by atoms with Crippen LogP contribution in [0.2, 0.25) is 0 Å². The lowest BCUT2D eigenvalue weighted by molar-refractivity contribution is -0.384. The van der Waals surface area contributed by atoms with Crippen molar-refractivity contribution in [3.05, 3.63) is 28.3 Å². The van der Waals surface area contributed by atoms with Gasteiger partial charge in [0.1, 0.15) is 11.8 Å². The van der Waals surface area contributed by atoms with Crippen LogP contribution in [0, 0.1) is 26.9 Å². The van der Waals surface area contributed by atoms with Gasteiger partial charge >= 0.3 is 0 Å². The number of phenols is 1. The van der Waals surface area contributed by atoms with Crippen LogP contribution in [0.1, 0.15) is 0 Å². The topological polar surface area (TPSA) is 161 Å². The zero-order valence-electron chi connectivity index (χ0n) is 8.91. The van der Waals surface area contributed by atoms with Gasteiger partial charge in [-0.3, -0.25) is 20.9 Å². The van der Waals surface area contributed by atoms with Gasteiger partial charge in [-0.25, -0.2) is 0 Å². The molecule has 0 aliphatic heterocycles. The fraction of sp³-hybridized carbons (Fsp3) is 0. The average Bonchev–Trinajstić information content (AvgIpc) is 2.30. The fourth-order valence-corrected chi connectivity index (χ4v) is 0.990. The van der Waals surface area contributed by atoms with E-state index in [1.807, 2.05) is 0 Å². The van der Waals surface area contributed by atoms with Crippen molar-refractivity contribution in [1.82, 2.24) is 0 Å². The Morgan fingerprint density at radius 1 is 1.67 bits per heavy atom. The second-order valence-electron chi connectivity index (χ2n) is 3.06. The van der Waals surface area contributed by atoms with E-state index in [2.05, 4.69) is 10.5 Å². The smallest absolute Gasteiger partial charge is 0.273 e. The van der Waals surface area contributed by atoms with E-state index in [4.69, 9.17) is 16.4 Å². The van der Waals surface area contributed by atoms with E-state index in [9.17, 15) is 15.2 Å². The molecule has 0 saturated heterocycles. The molecule has 0 amide bonds. The van der Waals surface area contributed by atoms with Crippen LogP contribution >= 0.6 is 0 Å². The number of nitrogens with zero attached hydrogens (tertiary/aromatic N) is 3. The van der Waals surface area contributed by atoms with Gasteiger partial charge in [0.05, 0.1) is 16.7 Å². The van der Waals surface area contributed by atoms with Gasteiger partial charge in [0.15, 0.2) is 5.84 Å². The third kappa shape index (κ3) is 2.92. The highest BCUT2D eigenvalue weighted by Crippen LogP contribution is 2.27. The van der Waals surface area contributed by atoms with Crippen molar-refractivity contribution in [3.63, 3.8) is 0 Å². The zero-order chi connectivity index (χ0) is 13.7. The normalized spacial score (nSPS) is 10.5. The first-order valence-electron chi connectivity index (χ1n) is 4.51. The Morgan fingerprint density at radius 2 is 2.33 bits per heavy atom. The van der Waals surface area contributed by atoms with Gasteiger partial charge in [0, 0.05) is 6.07 Å². The highest BCUT2D eigenvalue weighted by atomic mass is 16.6. The number of benzene rings is 1. The van der Waals surface area contributed by atoms with Crippen LogP contribution in [0.5, 0.6) is 5.75 Å². The molecule has 0 atom stereocenters. The van der Waals surface area contributed by atoms with E-state index in [-0.39, 0.29) is 17.1 Å². The van der Waals surface area contributed by atoms with Gasteiger partial charge in [0.2, 0.25) is 5.71 Å². The lowest BCUT2D eigenvalue weighted by Crippen LogP contribution is -2.21. The predicted molar refractivity (Wildman–Crippen MR) is 63.3 cm³/mol. The van der Waals surface area contributed by atoms with Crippen LogP contribution in [-0.4, -0.2) is 21.6 Å². The number of aromatic hydroxyl groups is 1. The maximum Gasteiger partial charge on any atom is 0.273 e. The number of non-ortho nitro benzene ring substituents is 1. The van der Waals surface area contributed by atoms with E-state index in [0.717, 1.165) is 12.1 Å². The molecule has 0 aliphatic rings. The number of phenolic OH excluding ortho intramolecular Hbond substituents is 1. The summed E-state index contributed by atoms with van der Waals surface area (Å²) in [5.41, 5.74) is 6.73. The SMILES string of the molecule is N#C/C(=N\Nc1ccc([N+](=O)[O-])cc1O)C(=N)N. The molecule has 1 aromatic rings. The summed E-state index contributed by atoms with van der Waals surface area (Å²) in [6.07, 6.45) is 0. The standard InChI is InChI=1S/C9H8N6O3/c10-4-7(9(11)12)14-13-6-2-1-5(15(17)18)3-8(6)16/h1-3,13,16H,(H3,11,12)/b14-7+. The molecule has 0 heterocycles. The molecule has 9 nitrogen and oxygen atoms in total. The molecule has 1 aromatic carbocycles. The van der Waals surface area contributed by atoms with Crippen LogP contribution in [0.4, 0.5) is 11.4 Å². The number of hydrogen-bond donors (Lipinski definition) is 4. The van der Waals surface area contributed by atoms with Crippen molar-refractivity contribution in [1.29, 1.82) is 10.7 Å². The Balaban J connectivity index is 2.97. The first kappa shape index (κ1) is 12.9. The first-order valence-corrected chi connectivity index (χ1v) is 4.51. The van der Waals surface area contributed by atoms with E-state index in [0.29, 0.717) is 0 Å². The number of nitrogens with two attached hydrogens (primary N) is 1. The molecule has 18 heavy (non-hydrogen) atoms. The Labute approximate surface area is 101 Å². The number of nitro groups is 1. The van der Waals surface area contributed by atoms with Crippen molar-refractivity contribution in [2.45, 2.75) is 0 Å². The molecule has 92 valence electrons. The van der Waals surface area contributed by atoms with Gasteiger partial charge in [0.25, 0.3) is 5.69 Å². The molecule has 0 aliphatic carbocycles. The second-order valence-corrected chi connectivity index (χ2v) is 3.06. The maximum absolute atomic E-state index is 10.4.